The Morgan fingerprint density at radius 3 is 2.47 bits per heavy atom. The molecule has 0 heterocycles. The van der Waals surface area contributed by atoms with Crippen molar-refractivity contribution in [3.8, 4) is 11.5 Å². The van der Waals surface area contributed by atoms with Gasteiger partial charge in [-0.2, -0.15) is 0 Å². The van der Waals surface area contributed by atoms with Crippen molar-refractivity contribution in [2.45, 2.75) is 12.5 Å². The van der Waals surface area contributed by atoms with Gasteiger partial charge in [-0.3, -0.25) is 0 Å². The lowest BCUT2D eigenvalue weighted by Gasteiger charge is -2.19. The number of hydrogen-bond donors (Lipinski definition) is 2. The summed E-state index contributed by atoms with van der Waals surface area (Å²) in [6.07, 6.45) is 0.157. The summed E-state index contributed by atoms with van der Waals surface area (Å²) in [6.45, 7) is 1.05. The summed E-state index contributed by atoms with van der Waals surface area (Å²) in [5, 5.41) is 18.1. The van der Waals surface area contributed by atoms with E-state index in [0.29, 0.717) is 6.54 Å². The number of methoxy groups -OCH3 is 2. The summed E-state index contributed by atoms with van der Waals surface area (Å²) in [5.41, 5.74) is 1.14. The zero-order valence-corrected chi connectivity index (χ0v) is 11.8. The Kier molecular flexibility index (Phi) is 6.62. The van der Waals surface area contributed by atoms with Gasteiger partial charge in [-0.05, 0) is 31.2 Å². The number of nitrogens with zero attached hydrogens (tertiary/aromatic N) is 1. The van der Waals surface area contributed by atoms with Gasteiger partial charge >= 0.3 is 0 Å². The summed E-state index contributed by atoms with van der Waals surface area (Å²) in [4.78, 5) is 1.98. The van der Waals surface area contributed by atoms with Crippen LogP contribution in [-0.4, -0.2) is 62.2 Å². The molecule has 108 valence electrons. The third-order valence-electron chi connectivity index (χ3n) is 2.96. The van der Waals surface area contributed by atoms with Crippen molar-refractivity contribution in [1.82, 2.24) is 4.90 Å². The van der Waals surface area contributed by atoms with Gasteiger partial charge in [0.2, 0.25) is 0 Å². The van der Waals surface area contributed by atoms with E-state index in [1.165, 1.54) is 0 Å². The second kappa shape index (κ2) is 7.99. The van der Waals surface area contributed by atoms with Crippen molar-refractivity contribution < 1.29 is 19.7 Å². The van der Waals surface area contributed by atoms with E-state index in [1.54, 1.807) is 14.2 Å². The minimum Gasteiger partial charge on any atom is -0.493 e. The highest BCUT2D eigenvalue weighted by molar-refractivity contribution is 5.42. The minimum atomic E-state index is -0.685. The monoisotopic (exact) mass is 269 g/mol. The zero-order valence-electron chi connectivity index (χ0n) is 11.8. The third-order valence-corrected chi connectivity index (χ3v) is 2.96. The molecule has 0 aliphatic rings. The topological polar surface area (TPSA) is 62.2 Å². The molecule has 0 fully saturated rings. The van der Waals surface area contributed by atoms with E-state index >= 15 is 0 Å². The van der Waals surface area contributed by atoms with Crippen LogP contribution in [0.3, 0.4) is 0 Å². The molecular weight excluding hydrogens is 246 g/mol. The fourth-order valence-electron chi connectivity index (χ4n) is 1.86. The molecule has 0 aliphatic carbocycles. The first kappa shape index (κ1) is 15.8. The number of rotatable bonds is 8. The molecule has 0 amide bonds. The first-order chi connectivity index (χ1) is 9.10. The van der Waals surface area contributed by atoms with Crippen LogP contribution in [0.25, 0.3) is 0 Å². The molecule has 1 rings (SSSR count). The maximum absolute atomic E-state index is 9.35. The van der Waals surface area contributed by atoms with E-state index in [9.17, 15) is 5.11 Å². The highest BCUT2D eigenvalue weighted by Gasteiger charge is 2.08. The van der Waals surface area contributed by atoms with Crippen LogP contribution in [0, 0.1) is 0 Å². The van der Waals surface area contributed by atoms with E-state index in [1.807, 2.05) is 30.1 Å². The Morgan fingerprint density at radius 2 is 1.89 bits per heavy atom. The van der Waals surface area contributed by atoms with Crippen LogP contribution in [-0.2, 0) is 6.42 Å². The van der Waals surface area contributed by atoms with Gasteiger partial charge in [0, 0.05) is 13.1 Å². The van der Waals surface area contributed by atoms with Gasteiger partial charge in [-0.1, -0.05) is 6.07 Å². The number of ether oxygens (including phenoxy) is 2. The molecule has 0 saturated carbocycles. The van der Waals surface area contributed by atoms with Gasteiger partial charge in [-0.25, -0.2) is 0 Å². The first-order valence-electron chi connectivity index (χ1n) is 6.29. The molecule has 1 aromatic rings. The van der Waals surface area contributed by atoms with Gasteiger partial charge in [0.15, 0.2) is 11.5 Å². The number of hydrogen-bond acceptors (Lipinski definition) is 5. The molecule has 1 atom stereocenters. The smallest absolute Gasteiger partial charge is 0.160 e. The molecule has 1 unspecified atom stereocenters. The van der Waals surface area contributed by atoms with Crippen LogP contribution in [0.2, 0.25) is 0 Å². The van der Waals surface area contributed by atoms with Gasteiger partial charge in [0.1, 0.15) is 0 Å². The molecule has 2 N–H and O–H groups in total. The van der Waals surface area contributed by atoms with Crippen molar-refractivity contribution in [3.63, 3.8) is 0 Å². The van der Waals surface area contributed by atoms with Crippen molar-refractivity contribution in [1.29, 1.82) is 0 Å². The van der Waals surface area contributed by atoms with Crippen LogP contribution in [0.5, 0.6) is 11.5 Å². The number of aliphatic hydroxyl groups is 2. The number of aliphatic hydroxyl groups excluding tert-OH is 2. The normalized spacial score (nSPS) is 12.5. The molecule has 5 nitrogen and oxygen atoms in total. The summed E-state index contributed by atoms with van der Waals surface area (Å²) in [6, 6.07) is 5.84. The molecule has 0 radical (unpaired) electrons. The van der Waals surface area contributed by atoms with Gasteiger partial charge in [0.25, 0.3) is 0 Å². The van der Waals surface area contributed by atoms with E-state index in [4.69, 9.17) is 14.6 Å². The van der Waals surface area contributed by atoms with E-state index < -0.39 is 6.10 Å². The largest absolute Gasteiger partial charge is 0.493 e. The molecule has 0 aromatic heterocycles. The average molecular weight is 269 g/mol. The van der Waals surface area contributed by atoms with E-state index in [0.717, 1.165) is 30.0 Å². The van der Waals surface area contributed by atoms with E-state index in [-0.39, 0.29) is 6.61 Å². The maximum Gasteiger partial charge on any atom is 0.160 e. The minimum absolute atomic E-state index is 0.208. The second-order valence-corrected chi connectivity index (χ2v) is 4.54. The molecule has 1 aromatic carbocycles. The average Bonchev–Trinajstić information content (AvgIpc) is 2.44. The van der Waals surface area contributed by atoms with Crippen LogP contribution in [0.1, 0.15) is 5.56 Å². The van der Waals surface area contributed by atoms with Gasteiger partial charge < -0.3 is 24.6 Å². The van der Waals surface area contributed by atoms with Crippen LogP contribution >= 0.6 is 0 Å². The Labute approximate surface area is 114 Å². The first-order valence-corrected chi connectivity index (χ1v) is 6.29. The highest BCUT2D eigenvalue weighted by atomic mass is 16.5. The quantitative estimate of drug-likeness (QED) is 0.721. The number of likely N-dealkylation sites (N-methyl/N-ethyl adjacent to an activating group) is 1. The lowest BCUT2D eigenvalue weighted by molar-refractivity contribution is 0.0669. The summed E-state index contributed by atoms with van der Waals surface area (Å²) < 4.78 is 10.4. The lowest BCUT2D eigenvalue weighted by Crippen LogP contribution is -2.32. The van der Waals surface area contributed by atoms with Crippen molar-refractivity contribution in [2.24, 2.45) is 0 Å². The molecule has 0 aliphatic heterocycles. The van der Waals surface area contributed by atoms with E-state index in [2.05, 4.69) is 0 Å². The molecule has 0 spiro atoms. The predicted octanol–water partition coefficient (Wildman–Crippen LogP) is 0.531. The molecule has 0 bridgehead atoms. The standard InChI is InChI=1S/C14H23NO4/c1-15(9-12(17)10-16)7-6-11-4-5-13(18-2)14(8-11)19-3/h4-5,8,12,16-17H,6-7,9-10H2,1-3H3. The molecule has 5 heteroatoms. The summed E-state index contributed by atoms with van der Waals surface area (Å²) in [7, 11) is 5.15. The summed E-state index contributed by atoms with van der Waals surface area (Å²) in [5.74, 6) is 1.44. The van der Waals surface area contributed by atoms with Crippen LogP contribution < -0.4 is 9.47 Å². The fraction of sp³-hybridized carbons (Fsp3) is 0.571. The SMILES string of the molecule is COc1ccc(CCN(C)CC(O)CO)cc1OC. The van der Waals surface area contributed by atoms with Crippen molar-refractivity contribution >= 4 is 0 Å². The van der Waals surface area contributed by atoms with Crippen LogP contribution in [0.4, 0.5) is 0 Å². The summed E-state index contributed by atoms with van der Waals surface area (Å²) >= 11 is 0. The molecule has 19 heavy (non-hydrogen) atoms. The highest BCUT2D eigenvalue weighted by Crippen LogP contribution is 2.27. The Hall–Kier alpha value is -1.30. The van der Waals surface area contributed by atoms with Gasteiger partial charge in [0.05, 0.1) is 26.9 Å². The van der Waals surface area contributed by atoms with Crippen LogP contribution in [0.15, 0.2) is 18.2 Å². The Bertz CT molecular complexity index is 384. The number of benzene rings is 1. The predicted molar refractivity (Wildman–Crippen MR) is 73.8 cm³/mol. The van der Waals surface area contributed by atoms with Crippen molar-refractivity contribution in [2.75, 3.05) is 41.0 Å². The maximum atomic E-state index is 9.35. The Morgan fingerprint density at radius 1 is 1.21 bits per heavy atom. The zero-order chi connectivity index (χ0) is 14.3. The lowest BCUT2D eigenvalue weighted by atomic mass is 10.1. The van der Waals surface area contributed by atoms with Crippen molar-refractivity contribution in [3.05, 3.63) is 23.8 Å². The van der Waals surface area contributed by atoms with Gasteiger partial charge in [-0.15, -0.1) is 0 Å². The third kappa shape index (κ3) is 5.06. The molecule has 0 saturated heterocycles. The fourth-order valence-corrected chi connectivity index (χ4v) is 1.86. The second-order valence-electron chi connectivity index (χ2n) is 4.54. The molecular formula is C14H23NO4. The Balaban J connectivity index is 2.53.